The molecule has 35 heavy (non-hydrogen) atoms. The number of carbonyl (C=O) groups is 1. The van der Waals surface area contributed by atoms with Crippen LogP contribution in [-0.2, 0) is 6.61 Å². The van der Waals surface area contributed by atoms with Gasteiger partial charge >= 0.3 is 5.91 Å². The van der Waals surface area contributed by atoms with E-state index in [4.69, 9.17) is 13.9 Å². The summed E-state index contributed by atoms with van der Waals surface area (Å²) in [5.41, 5.74) is 5.02. The van der Waals surface area contributed by atoms with Crippen molar-refractivity contribution in [3.63, 3.8) is 0 Å². The molecule has 1 N–H and O–H groups in total. The Morgan fingerprint density at radius 3 is 2.54 bits per heavy atom. The number of amides is 1. The highest BCUT2D eigenvalue weighted by molar-refractivity contribution is 5.96. The van der Waals surface area contributed by atoms with Crippen molar-refractivity contribution >= 4 is 33.9 Å². The van der Waals surface area contributed by atoms with Gasteiger partial charge in [0.25, 0.3) is 0 Å². The second-order valence-corrected chi connectivity index (χ2v) is 7.91. The Kier molecular flexibility index (Phi) is 6.44. The third kappa shape index (κ3) is 5.01. The van der Waals surface area contributed by atoms with Crippen molar-refractivity contribution in [3.8, 4) is 11.5 Å². The van der Waals surface area contributed by atoms with Crippen molar-refractivity contribution in [2.75, 3.05) is 6.61 Å². The molecule has 6 heteroatoms. The van der Waals surface area contributed by atoms with Crippen molar-refractivity contribution in [2.24, 2.45) is 5.10 Å². The molecule has 5 aromatic rings. The largest absolute Gasteiger partial charge is 0.490 e. The monoisotopic (exact) mass is 464 g/mol. The number of hydrogen-bond acceptors (Lipinski definition) is 5. The topological polar surface area (TPSA) is 73.1 Å². The average molecular weight is 465 g/mol. The lowest BCUT2D eigenvalue weighted by Gasteiger charge is -2.13. The fraction of sp³-hybridized carbons (Fsp3) is 0.103. The standard InChI is InChI=1S/C29H24N2O4/c1-2-33-27-16-20(18-30-31-29(32)28-17-22-9-4-6-13-25(22)35-28)14-15-26(27)34-19-23-11-7-10-21-8-3-5-12-24(21)23/h3-18H,2,19H2,1H3,(H,31,32)/b30-18+. The van der Waals surface area contributed by atoms with E-state index in [1.165, 1.54) is 5.39 Å². The SMILES string of the molecule is CCOc1cc(/C=N/NC(=O)c2cc3ccccc3o2)ccc1OCc1cccc2ccccc12. The molecule has 0 unspecified atom stereocenters. The van der Waals surface area contributed by atoms with Crippen molar-refractivity contribution in [2.45, 2.75) is 13.5 Å². The van der Waals surface area contributed by atoms with E-state index in [1.54, 1.807) is 12.3 Å². The molecule has 0 bridgehead atoms. The molecule has 5 rings (SSSR count). The zero-order valence-corrected chi connectivity index (χ0v) is 19.2. The molecule has 0 saturated carbocycles. The number of ether oxygens (including phenoxy) is 2. The summed E-state index contributed by atoms with van der Waals surface area (Å²) in [6.45, 7) is 2.83. The van der Waals surface area contributed by atoms with Gasteiger partial charge in [0.05, 0.1) is 12.8 Å². The van der Waals surface area contributed by atoms with Crippen LogP contribution in [0.25, 0.3) is 21.7 Å². The van der Waals surface area contributed by atoms with Crippen LogP contribution in [0.4, 0.5) is 0 Å². The van der Waals surface area contributed by atoms with Gasteiger partial charge in [-0.1, -0.05) is 60.7 Å². The number of hydrazone groups is 1. The summed E-state index contributed by atoms with van der Waals surface area (Å²) in [7, 11) is 0. The maximum atomic E-state index is 12.4. The molecule has 0 radical (unpaired) electrons. The van der Waals surface area contributed by atoms with Gasteiger partial charge in [0.15, 0.2) is 17.3 Å². The summed E-state index contributed by atoms with van der Waals surface area (Å²) in [4.78, 5) is 12.4. The number of carbonyl (C=O) groups excluding carboxylic acids is 1. The second-order valence-electron chi connectivity index (χ2n) is 7.91. The minimum absolute atomic E-state index is 0.204. The van der Waals surface area contributed by atoms with E-state index >= 15 is 0 Å². The quantitative estimate of drug-likeness (QED) is 0.215. The van der Waals surface area contributed by atoms with E-state index in [0.717, 1.165) is 21.9 Å². The molecule has 1 amide bonds. The van der Waals surface area contributed by atoms with Crippen molar-refractivity contribution in [3.05, 3.63) is 108 Å². The van der Waals surface area contributed by atoms with Gasteiger partial charge in [-0.2, -0.15) is 5.10 Å². The number of nitrogens with one attached hydrogen (secondary N) is 1. The molecule has 1 aromatic heterocycles. The Bertz CT molecular complexity index is 1480. The molecule has 0 aliphatic heterocycles. The summed E-state index contributed by atoms with van der Waals surface area (Å²) in [6.07, 6.45) is 1.55. The second kappa shape index (κ2) is 10.1. The average Bonchev–Trinajstić information content (AvgIpc) is 3.33. The molecule has 0 fully saturated rings. The number of nitrogens with zero attached hydrogens (tertiary/aromatic N) is 1. The van der Waals surface area contributed by atoms with Gasteiger partial charge in [-0.25, -0.2) is 5.43 Å². The van der Waals surface area contributed by atoms with Crippen LogP contribution in [0.5, 0.6) is 11.5 Å². The number of hydrogen-bond donors (Lipinski definition) is 1. The van der Waals surface area contributed by atoms with Gasteiger partial charge in [-0.3, -0.25) is 4.79 Å². The summed E-state index contributed by atoms with van der Waals surface area (Å²) in [5.74, 6) is 1.04. The normalized spacial score (nSPS) is 11.2. The first-order valence-electron chi connectivity index (χ1n) is 11.4. The Morgan fingerprint density at radius 1 is 0.886 bits per heavy atom. The fourth-order valence-corrected chi connectivity index (χ4v) is 3.88. The van der Waals surface area contributed by atoms with E-state index in [9.17, 15) is 4.79 Å². The van der Waals surface area contributed by atoms with Gasteiger partial charge in [0.2, 0.25) is 0 Å². The van der Waals surface area contributed by atoms with Crippen LogP contribution < -0.4 is 14.9 Å². The molecule has 0 spiro atoms. The fourth-order valence-electron chi connectivity index (χ4n) is 3.88. The molecule has 4 aromatic carbocycles. The van der Waals surface area contributed by atoms with E-state index in [2.05, 4.69) is 34.8 Å². The number of para-hydroxylation sites is 1. The third-order valence-electron chi connectivity index (χ3n) is 5.56. The predicted molar refractivity (Wildman–Crippen MR) is 137 cm³/mol. The van der Waals surface area contributed by atoms with Crippen LogP contribution in [0.15, 0.2) is 101 Å². The predicted octanol–water partition coefficient (Wildman–Crippen LogP) is 6.33. The number of fused-ring (bicyclic) bond motifs is 2. The zero-order valence-electron chi connectivity index (χ0n) is 19.2. The number of rotatable bonds is 8. The van der Waals surface area contributed by atoms with Crippen LogP contribution in [0, 0.1) is 0 Å². The maximum Gasteiger partial charge on any atom is 0.307 e. The molecule has 6 nitrogen and oxygen atoms in total. The van der Waals surface area contributed by atoms with Crippen molar-refractivity contribution in [1.82, 2.24) is 5.43 Å². The summed E-state index contributed by atoms with van der Waals surface area (Å²) >= 11 is 0. The first-order chi connectivity index (χ1) is 17.2. The highest BCUT2D eigenvalue weighted by atomic mass is 16.5. The Hall–Kier alpha value is -4.58. The first kappa shape index (κ1) is 22.2. The minimum Gasteiger partial charge on any atom is -0.490 e. The van der Waals surface area contributed by atoms with Crippen molar-refractivity contribution in [1.29, 1.82) is 0 Å². The van der Waals surface area contributed by atoms with Gasteiger partial charge in [0.1, 0.15) is 12.2 Å². The van der Waals surface area contributed by atoms with Gasteiger partial charge in [-0.15, -0.1) is 0 Å². The van der Waals surface area contributed by atoms with E-state index in [0.29, 0.717) is 30.3 Å². The Morgan fingerprint density at radius 2 is 1.69 bits per heavy atom. The van der Waals surface area contributed by atoms with E-state index in [-0.39, 0.29) is 5.76 Å². The van der Waals surface area contributed by atoms with E-state index < -0.39 is 5.91 Å². The minimum atomic E-state index is -0.419. The zero-order chi connectivity index (χ0) is 24.0. The highest BCUT2D eigenvalue weighted by Gasteiger charge is 2.11. The molecule has 174 valence electrons. The third-order valence-corrected chi connectivity index (χ3v) is 5.56. The molecular formula is C29H24N2O4. The molecule has 0 aliphatic rings. The lowest BCUT2D eigenvalue weighted by molar-refractivity contribution is 0.0929. The molecule has 0 aliphatic carbocycles. The van der Waals surface area contributed by atoms with Crippen LogP contribution in [-0.4, -0.2) is 18.7 Å². The van der Waals surface area contributed by atoms with Gasteiger partial charge in [0, 0.05) is 5.39 Å². The Labute approximate surface area is 202 Å². The number of furan rings is 1. The molecule has 0 atom stereocenters. The summed E-state index contributed by atoms with van der Waals surface area (Å²) < 4.78 is 17.5. The van der Waals surface area contributed by atoms with Crippen LogP contribution in [0.3, 0.4) is 0 Å². The van der Waals surface area contributed by atoms with E-state index in [1.807, 2.05) is 67.6 Å². The summed E-state index contributed by atoms with van der Waals surface area (Å²) in [5, 5.41) is 7.27. The smallest absolute Gasteiger partial charge is 0.307 e. The summed E-state index contributed by atoms with van der Waals surface area (Å²) in [6, 6.07) is 29.1. The Balaban J connectivity index is 1.27. The molecule has 1 heterocycles. The lowest BCUT2D eigenvalue weighted by Crippen LogP contribution is -2.16. The number of benzene rings is 4. The van der Waals surface area contributed by atoms with Crippen molar-refractivity contribution < 1.29 is 18.7 Å². The highest BCUT2D eigenvalue weighted by Crippen LogP contribution is 2.30. The van der Waals surface area contributed by atoms with Crippen LogP contribution in [0.1, 0.15) is 28.6 Å². The first-order valence-corrected chi connectivity index (χ1v) is 11.4. The molecule has 0 saturated heterocycles. The van der Waals surface area contributed by atoms with Gasteiger partial charge in [-0.05, 0) is 59.2 Å². The van der Waals surface area contributed by atoms with Gasteiger partial charge < -0.3 is 13.9 Å². The van der Waals surface area contributed by atoms with Crippen LogP contribution >= 0.6 is 0 Å². The molecular weight excluding hydrogens is 440 g/mol. The lowest BCUT2D eigenvalue weighted by atomic mass is 10.1. The van der Waals surface area contributed by atoms with Crippen LogP contribution in [0.2, 0.25) is 0 Å². The maximum absolute atomic E-state index is 12.4.